The third kappa shape index (κ3) is 3.20. The highest BCUT2D eigenvalue weighted by molar-refractivity contribution is 7.89. The van der Waals surface area contributed by atoms with Gasteiger partial charge in [0.05, 0.1) is 11.0 Å². The largest absolute Gasteiger partial charge is 0.242 e. The van der Waals surface area contributed by atoms with Crippen molar-refractivity contribution in [1.82, 2.24) is 4.72 Å². The summed E-state index contributed by atoms with van der Waals surface area (Å²) in [4.78, 5) is 0.841. The molecule has 0 spiro atoms. The molecule has 0 saturated carbocycles. The van der Waals surface area contributed by atoms with Gasteiger partial charge in [0.2, 0.25) is 10.0 Å². The molecule has 0 aliphatic carbocycles. The molecule has 0 saturated heterocycles. The van der Waals surface area contributed by atoms with Crippen LogP contribution in [0.4, 0.5) is 0 Å². The number of hydrogen-bond donors (Lipinski definition) is 1. The Morgan fingerprint density at radius 2 is 1.95 bits per heavy atom. The first-order chi connectivity index (χ1) is 9.03. The van der Waals surface area contributed by atoms with Gasteiger partial charge in [0.1, 0.15) is 6.04 Å². The fourth-order valence-corrected chi connectivity index (χ4v) is 3.46. The number of nitriles is 1. The fraction of sp³-hybridized carbons (Fsp3) is 0.154. The molecule has 6 heteroatoms. The van der Waals surface area contributed by atoms with Crippen molar-refractivity contribution in [3.63, 3.8) is 0 Å². The second kappa shape index (κ2) is 5.53. The highest BCUT2D eigenvalue weighted by Crippen LogP contribution is 2.21. The molecule has 4 nitrogen and oxygen atoms in total. The van der Waals surface area contributed by atoms with Gasteiger partial charge >= 0.3 is 0 Å². The summed E-state index contributed by atoms with van der Waals surface area (Å²) in [6.07, 6.45) is 0. The van der Waals surface area contributed by atoms with Crippen LogP contribution in [0.5, 0.6) is 0 Å². The predicted octanol–water partition coefficient (Wildman–Crippen LogP) is 2.60. The maximum atomic E-state index is 12.2. The van der Waals surface area contributed by atoms with Crippen LogP contribution in [-0.2, 0) is 10.0 Å². The van der Waals surface area contributed by atoms with Gasteiger partial charge in [-0.25, -0.2) is 8.42 Å². The van der Waals surface area contributed by atoms with E-state index in [2.05, 4.69) is 4.72 Å². The Kier molecular flexibility index (Phi) is 4.00. The molecular weight excluding hydrogens is 280 g/mol. The second-order valence-corrected chi connectivity index (χ2v) is 6.71. The number of aryl methyl sites for hydroxylation is 1. The molecule has 1 aromatic heterocycles. The topological polar surface area (TPSA) is 70.0 Å². The van der Waals surface area contributed by atoms with Crippen molar-refractivity contribution in [2.24, 2.45) is 0 Å². The zero-order chi connectivity index (χ0) is 13.9. The van der Waals surface area contributed by atoms with Gasteiger partial charge in [0, 0.05) is 4.88 Å². The first-order valence-corrected chi connectivity index (χ1v) is 7.91. The van der Waals surface area contributed by atoms with Crippen LogP contribution in [0.3, 0.4) is 0 Å². The Morgan fingerprint density at radius 3 is 2.47 bits per heavy atom. The van der Waals surface area contributed by atoms with E-state index in [-0.39, 0.29) is 4.90 Å². The average molecular weight is 292 g/mol. The van der Waals surface area contributed by atoms with Gasteiger partial charge in [-0.15, -0.1) is 11.3 Å². The van der Waals surface area contributed by atoms with Crippen molar-refractivity contribution in [1.29, 1.82) is 5.26 Å². The van der Waals surface area contributed by atoms with Crippen LogP contribution in [0.25, 0.3) is 0 Å². The minimum absolute atomic E-state index is 0.162. The lowest BCUT2D eigenvalue weighted by molar-refractivity contribution is 0.576. The molecule has 0 aliphatic rings. The summed E-state index contributed by atoms with van der Waals surface area (Å²) < 4.78 is 26.7. The molecule has 0 unspecified atom stereocenters. The zero-order valence-corrected chi connectivity index (χ0v) is 11.8. The van der Waals surface area contributed by atoms with Gasteiger partial charge in [-0.3, -0.25) is 0 Å². The quantitative estimate of drug-likeness (QED) is 0.941. The Hall–Kier alpha value is -1.68. The molecule has 0 amide bonds. The molecule has 0 bridgehead atoms. The van der Waals surface area contributed by atoms with Gasteiger partial charge in [0.25, 0.3) is 0 Å². The van der Waals surface area contributed by atoms with E-state index >= 15 is 0 Å². The lowest BCUT2D eigenvalue weighted by atomic mass is 10.2. The first-order valence-electron chi connectivity index (χ1n) is 5.55. The van der Waals surface area contributed by atoms with Crippen LogP contribution in [0.15, 0.2) is 46.7 Å². The van der Waals surface area contributed by atoms with Gasteiger partial charge in [-0.2, -0.15) is 9.98 Å². The van der Waals surface area contributed by atoms with Crippen molar-refractivity contribution >= 4 is 21.4 Å². The predicted molar refractivity (Wildman–Crippen MR) is 74.2 cm³/mol. The van der Waals surface area contributed by atoms with Crippen LogP contribution < -0.4 is 4.72 Å². The van der Waals surface area contributed by atoms with E-state index in [1.54, 1.807) is 29.6 Å². The maximum Gasteiger partial charge on any atom is 0.242 e. The molecule has 98 valence electrons. The molecule has 0 radical (unpaired) electrons. The van der Waals surface area contributed by atoms with Crippen LogP contribution in [0, 0.1) is 18.3 Å². The summed E-state index contributed by atoms with van der Waals surface area (Å²) in [5.74, 6) is 0. The SMILES string of the molecule is Cc1ccc(S(=O)(=O)N[C@H](C#N)c2cccs2)cc1. The molecule has 19 heavy (non-hydrogen) atoms. The van der Waals surface area contributed by atoms with E-state index in [0.29, 0.717) is 4.88 Å². The van der Waals surface area contributed by atoms with E-state index < -0.39 is 16.1 Å². The molecular formula is C13H12N2O2S2. The number of nitrogens with one attached hydrogen (secondary N) is 1. The van der Waals surface area contributed by atoms with Crippen molar-refractivity contribution < 1.29 is 8.42 Å². The third-order valence-electron chi connectivity index (χ3n) is 2.56. The molecule has 1 N–H and O–H groups in total. The number of sulfonamides is 1. The van der Waals surface area contributed by atoms with E-state index in [9.17, 15) is 8.42 Å². The molecule has 1 atom stereocenters. The van der Waals surface area contributed by atoms with Crippen molar-refractivity contribution in [3.8, 4) is 6.07 Å². The highest BCUT2D eigenvalue weighted by atomic mass is 32.2. The van der Waals surface area contributed by atoms with Crippen LogP contribution in [0.1, 0.15) is 16.5 Å². The third-order valence-corrected chi connectivity index (χ3v) is 4.94. The number of benzene rings is 1. The molecule has 1 aromatic carbocycles. The molecule has 0 fully saturated rings. The minimum Gasteiger partial charge on any atom is -0.207 e. The van der Waals surface area contributed by atoms with Crippen molar-refractivity contribution in [3.05, 3.63) is 52.2 Å². The Labute approximate surface area is 116 Å². The van der Waals surface area contributed by atoms with Crippen molar-refractivity contribution in [2.45, 2.75) is 17.9 Å². The summed E-state index contributed by atoms with van der Waals surface area (Å²) in [7, 11) is -3.68. The summed E-state index contributed by atoms with van der Waals surface area (Å²) in [6, 6.07) is 11.1. The lowest BCUT2D eigenvalue weighted by Crippen LogP contribution is -2.27. The first kappa shape index (κ1) is 13.7. The Bertz CT molecular complexity index is 683. The van der Waals surface area contributed by atoms with Crippen LogP contribution in [0.2, 0.25) is 0 Å². The number of nitrogens with zero attached hydrogens (tertiary/aromatic N) is 1. The Balaban J connectivity index is 2.26. The van der Waals surface area contributed by atoms with Gasteiger partial charge in [0.15, 0.2) is 0 Å². The van der Waals surface area contributed by atoms with E-state index in [1.165, 1.54) is 23.5 Å². The minimum atomic E-state index is -3.68. The van der Waals surface area contributed by atoms with E-state index in [1.807, 2.05) is 13.0 Å². The van der Waals surface area contributed by atoms with Crippen molar-refractivity contribution in [2.75, 3.05) is 0 Å². The number of thiophene rings is 1. The summed E-state index contributed by atoms with van der Waals surface area (Å²) in [5, 5.41) is 10.9. The summed E-state index contributed by atoms with van der Waals surface area (Å²) in [6.45, 7) is 1.88. The van der Waals surface area contributed by atoms with Crippen LogP contribution >= 0.6 is 11.3 Å². The monoisotopic (exact) mass is 292 g/mol. The average Bonchev–Trinajstić information content (AvgIpc) is 2.90. The standard InChI is InChI=1S/C13H12N2O2S2/c1-10-4-6-11(7-5-10)19(16,17)15-12(9-14)13-3-2-8-18-13/h2-8,12,15H,1H3/t12-/m1/s1. The van der Waals surface area contributed by atoms with Gasteiger partial charge < -0.3 is 0 Å². The molecule has 1 heterocycles. The summed E-state index contributed by atoms with van der Waals surface area (Å²) in [5.41, 5.74) is 0.981. The highest BCUT2D eigenvalue weighted by Gasteiger charge is 2.21. The zero-order valence-electron chi connectivity index (χ0n) is 10.2. The van der Waals surface area contributed by atoms with E-state index in [4.69, 9.17) is 5.26 Å². The molecule has 0 aliphatic heterocycles. The fourth-order valence-electron chi connectivity index (χ4n) is 1.54. The second-order valence-electron chi connectivity index (χ2n) is 4.01. The Morgan fingerprint density at radius 1 is 1.26 bits per heavy atom. The lowest BCUT2D eigenvalue weighted by Gasteiger charge is -2.10. The maximum absolute atomic E-state index is 12.2. The van der Waals surface area contributed by atoms with Gasteiger partial charge in [-0.1, -0.05) is 23.8 Å². The normalized spacial score (nSPS) is 12.8. The number of rotatable bonds is 4. The smallest absolute Gasteiger partial charge is 0.207 e. The molecule has 2 aromatic rings. The van der Waals surface area contributed by atoms with E-state index in [0.717, 1.165) is 5.56 Å². The van der Waals surface area contributed by atoms with Gasteiger partial charge in [-0.05, 0) is 30.5 Å². The van der Waals surface area contributed by atoms with Crippen LogP contribution in [-0.4, -0.2) is 8.42 Å². The molecule has 2 rings (SSSR count). The number of hydrogen-bond acceptors (Lipinski definition) is 4. The summed E-state index contributed by atoms with van der Waals surface area (Å²) >= 11 is 1.34.